The van der Waals surface area contributed by atoms with Gasteiger partial charge in [-0.1, -0.05) is 65.6 Å². The number of oxime groups is 1. The predicted octanol–water partition coefficient (Wildman–Crippen LogP) is 7.46. The first kappa shape index (κ1) is 24.3. The maximum absolute atomic E-state index is 10.3. The van der Waals surface area contributed by atoms with Crippen LogP contribution >= 0.6 is 0 Å². The van der Waals surface area contributed by atoms with Gasteiger partial charge in [-0.25, -0.2) is 0 Å². The largest absolute Gasteiger partial charge is 0.411 e. The average Bonchev–Trinajstić information content (AvgIpc) is 3.11. The van der Waals surface area contributed by atoms with Crippen LogP contribution in [0.3, 0.4) is 0 Å². The first-order valence-corrected chi connectivity index (χ1v) is 13.8. The Morgan fingerprint density at radius 2 is 1.78 bits per heavy atom. The van der Waals surface area contributed by atoms with Crippen LogP contribution in [0, 0.1) is 52.3 Å². The molecule has 0 aliphatic heterocycles. The second-order valence-electron chi connectivity index (χ2n) is 12.9. The van der Waals surface area contributed by atoms with Crippen LogP contribution in [-0.2, 0) is 0 Å². The quantitative estimate of drug-likeness (QED) is 0.330. The molecule has 2 N–H and O–H groups in total. The van der Waals surface area contributed by atoms with Crippen LogP contribution < -0.4 is 0 Å². The predicted molar refractivity (Wildman–Crippen MR) is 133 cm³/mol. The lowest BCUT2D eigenvalue weighted by atomic mass is 9.46. The minimum atomic E-state index is -0.380. The third-order valence-corrected chi connectivity index (χ3v) is 11.3. The number of allylic oxidation sites excluding steroid dienone is 1. The van der Waals surface area contributed by atoms with E-state index in [1.54, 1.807) is 0 Å². The molecule has 0 bridgehead atoms. The highest BCUT2D eigenvalue weighted by Crippen LogP contribution is 2.67. The van der Waals surface area contributed by atoms with Crippen LogP contribution in [0.25, 0.3) is 0 Å². The molecule has 3 nitrogen and oxygen atoms in total. The third-order valence-electron chi connectivity index (χ3n) is 11.3. The van der Waals surface area contributed by atoms with E-state index in [1.807, 2.05) is 6.08 Å². The van der Waals surface area contributed by atoms with Crippen molar-refractivity contribution in [3.8, 4) is 0 Å². The van der Waals surface area contributed by atoms with Crippen molar-refractivity contribution in [2.45, 2.75) is 112 Å². The van der Waals surface area contributed by atoms with Gasteiger partial charge in [0.25, 0.3) is 0 Å². The van der Waals surface area contributed by atoms with Gasteiger partial charge in [0, 0.05) is 0 Å². The molecule has 3 heteroatoms. The molecular formula is C29H49NO2. The number of hydrogen-bond donors (Lipinski definition) is 2. The molecule has 4 aliphatic carbocycles. The summed E-state index contributed by atoms with van der Waals surface area (Å²) in [4.78, 5) is 0. The van der Waals surface area contributed by atoms with Crippen molar-refractivity contribution in [2.24, 2.45) is 57.4 Å². The van der Waals surface area contributed by atoms with Crippen molar-refractivity contribution in [3.63, 3.8) is 0 Å². The monoisotopic (exact) mass is 443 g/mol. The van der Waals surface area contributed by atoms with E-state index in [1.165, 1.54) is 44.9 Å². The molecule has 182 valence electrons. The lowest BCUT2D eigenvalue weighted by Crippen LogP contribution is -2.53. The zero-order valence-electron chi connectivity index (χ0n) is 21.6. The van der Waals surface area contributed by atoms with E-state index in [2.05, 4.69) is 46.7 Å². The number of aliphatic hydroxyl groups is 1. The van der Waals surface area contributed by atoms with E-state index in [4.69, 9.17) is 0 Å². The summed E-state index contributed by atoms with van der Waals surface area (Å²) in [6.07, 6.45) is 13.9. The fourth-order valence-electron chi connectivity index (χ4n) is 9.31. The van der Waals surface area contributed by atoms with Gasteiger partial charge in [0.1, 0.15) is 0 Å². The normalized spacial score (nSPS) is 44.6. The molecule has 0 unspecified atom stereocenters. The zero-order valence-corrected chi connectivity index (χ0v) is 21.6. The standard InChI is InChI=1S/C29H49NO2/c1-7-20(18(2)3)9-8-19(4)23-10-11-24-22-17-27(30-32)26-16-21(31)12-14-29(26,6)25(22)13-15-28(23,24)5/h16,18-25,31-32H,7-15,17H2,1-6H3/b30-27+/t19-,20-,21+,22+,23-,24+,25+,28-,29-/m1/s1. The molecule has 0 aromatic carbocycles. The Hall–Kier alpha value is -0.830. The molecule has 4 rings (SSSR count). The molecule has 0 spiro atoms. The van der Waals surface area contributed by atoms with E-state index in [-0.39, 0.29) is 11.5 Å². The summed E-state index contributed by atoms with van der Waals surface area (Å²) in [5, 5.41) is 24.0. The summed E-state index contributed by atoms with van der Waals surface area (Å²) in [7, 11) is 0. The molecule has 0 aromatic heterocycles. The Morgan fingerprint density at radius 3 is 2.44 bits per heavy atom. The van der Waals surface area contributed by atoms with Crippen LogP contribution in [0.1, 0.15) is 106 Å². The van der Waals surface area contributed by atoms with Gasteiger partial charge in [0.05, 0.1) is 11.8 Å². The Balaban J connectivity index is 1.54. The summed E-state index contributed by atoms with van der Waals surface area (Å²) >= 11 is 0. The lowest BCUT2D eigenvalue weighted by molar-refractivity contribution is -0.0477. The molecule has 4 aliphatic rings. The van der Waals surface area contributed by atoms with Crippen LogP contribution in [0.4, 0.5) is 0 Å². The Bertz CT molecular complexity index is 741. The minimum Gasteiger partial charge on any atom is -0.411 e. The van der Waals surface area contributed by atoms with Gasteiger partial charge in [-0.15, -0.1) is 0 Å². The van der Waals surface area contributed by atoms with E-state index in [0.717, 1.165) is 60.1 Å². The summed E-state index contributed by atoms with van der Waals surface area (Å²) in [5.41, 5.74) is 2.54. The summed E-state index contributed by atoms with van der Waals surface area (Å²) in [6, 6.07) is 0. The second-order valence-corrected chi connectivity index (χ2v) is 12.9. The first-order valence-electron chi connectivity index (χ1n) is 13.8. The van der Waals surface area contributed by atoms with Gasteiger partial charge in [0.15, 0.2) is 0 Å². The highest BCUT2D eigenvalue weighted by molar-refractivity contribution is 6.02. The van der Waals surface area contributed by atoms with E-state index < -0.39 is 0 Å². The Morgan fingerprint density at radius 1 is 1.03 bits per heavy atom. The lowest BCUT2D eigenvalue weighted by Gasteiger charge is -2.58. The number of nitrogens with zero attached hydrogens (tertiary/aromatic N) is 1. The van der Waals surface area contributed by atoms with Crippen LogP contribution in [0.2, 0.25) is 0 Å². The molecule has 0 aromatic rings. The number of aliphatic hydroxyl groups excluding tert-OH is 1. The van der Waals surface area contributed by atoms with Gasteiger partial charge >= 0.3 is 0 Å². The molecular weight excluding hydrogens is 394 g/mol. The summed E-state index contributed by atoms with van der Waals surface area (Å²) in [6.45, 7) is 14.7. The maximum Gasteiger partial charge on any atom is 0.0833 e. The highest BCUT2D eigenvalue weighted by atomic mass is 16.4. The van der Waals surface area contributed by atoms with Crippen LogP contribution in [-0.4, -0.2) is 22.1 Å². The third kappa shape index (κ3) is 3.89. The maximum atomic E-state index is 10.3. The smallest absolute Gasteiger partial charge is 0.0833 e. The van der Waals surface area contributed by atoms with E-state index in [9.17, 15) is 10.3 Å². The van der Waals surface area contributed by atoms with Crippen molar-refractivity contribution in [1.82, 2.24) is 0 Å². The van der Waals surface area contributed by atoms with Crippen LogP contribution in [0.5, 0.6) is 0 Å². The number of rotatable bonds is 6. The average molecular weight is 444 g/mol. The number of fused-ring (bicyclic) bond motifs is 5. The second kappa shape index (κ2) is 9.08. The topological polar surface area (TPSA) is 52.8 Å². The molecule has 32 heavy (non-hydrogen) atoms. The highest BCUT2D eigenvalue weighted by Gasteiger charge is 2.60. The molecule has 0 heterocycles. The summed E-state index contributed by atoms with van der Waals surface area (Å²) in [5.74, 6) is 5.36. The fourth-order valence-corrected chi connectivity index (χ4v) is 9.31. The molecule has 3 fully saturated rings. The fraction of sp³-hybridized carbons (Fsp3) is 0.897. The molecule has 0 saturated heterocycles. The number of hydrogen-bond acceptors (Lipinski definition) is 3. The van der Waals surface area contributed by atoms with Gasteiger partial charge in [-0.3, -0.25) is 0 Å². The van der Waals surface area contributed by atoms with Crippen molar-refractivity contribution in [2.75, 3.05) is 0 Å². The molecule has 0 amide bonds. The van der Waals surface area contributed by atoms with Gasteiger partial charge < -0.3 is 10.3 Å². The first-order chi connectivity index (χ1) is 15.2. The van der Waals surface area contributed by atoms with Crippen LogP contribution in [0.15, 0.2) is 16.8 Å². The molecule has 3 saturated carbocycles. The van der Waals surface area contributed by atoms with Gasteiger partial charge in [0.2, 0.25) is 0 Å². The van der Waals surface area contributed by atoms with Crippen molar-refractivity contribution < 1.29 is 10.3 Å². The van der Waals surface area contributed by atoms with Crippen molar-refractivity contribution >= 4 is 5.71 Å². The van der Waals surface area contributed by atoms with Gasteiger partial charge in [-0.2, -0.15) is 0 Å². The molecule has 9 atom stereocenters. The molecule has 0 radical (unpaired) electrons. The van der Waals surface area contributed by atoms with E-state index >= 15 is 0 Å². The van der Waals surface area contributed by atoms with Gasteiger partial charge in [-0.05, 0) is 109 Å². The van der Waals surface area contributed by atoms with Crippen molar-refractivity contribution in [3.05, 3.63) is 11.6 Å². The Kier molecular flexibility index (Phi) is 6.90. The van der Waals surface area contributed by atoms with Crippen molar-refractivity contribution in [1.29, 1.82) is 0 Å². The SMILES string of the molecule is CC[C@H](CC[C@@H](C)[C@H]1CC[C@H]2[C@@H]3C/C(=N\O)C4=C[C@@H](O)CC[C@]4(C)[C@H]3CC[C@]12C)C(C)C. The zero-order chi connectivity index (χ0) is 23.3. The Labute approximate surface area is 197 Å². The minimum absolute atomic E-state index is 0.0698. The van der Waals surface area contributed by atoms with E-state index in [0.29, 0.717) is 17.3 Å². The summed E-state index contributed by atoms with van der Waals surface area (Å²) < 4.78 is 0.